The van der Waals surface area contributed by atoms with E-state index in [1.165, 1.54) is 70.6 Å². The molecule has 0 aliphatic heterocycles. The van der Waals surface area contributed by atoms with Crippen molar-refractivity contribution in [2.24, 2.45) is 0 Å². The lowest BCUT2D eigenvalue weighted by atomic mass is 10.0. The van der Waals surface area contributed by atoms with Gasteiger partial charge in [-0.25, -0.2) is 0 Å². The van der Waals surface area contributed by atoms with Crippen LogP contribution in [-0.2, 0) is 0 Å². The minimum absolute atomic E-state index is 0.536. The predicted molar refractivity (Wildman–Crippen MR) is 79.2 cm³/mol. The van der Waals surface area contributed by atoms with E-state index in [-0.39, 0.29) is 0 Å². The van der Waals surface area contributed by atoms with Gasteiger partial charge in [-0.3, -0.25) is 0 Å². The van der Waals surface area contributed by atoms with Crippen LogP contribution in [0.15, 0.2) is 0 Å². The molecule has 1 atom stereocenters. The van der Waals surface area contributed by atoms with Gasteiger partial charge in [0.05, 0.1) is 0 Å². The molecule has 16 heavy (non-hydrogen) atoms. The molecule has 0 aromatic carbocycles. The van der Waals surface area contributed by atoms with Crippen molar-refractivity contribution < 1.29 is 0 Å². The van der Waals surface area contributed by atoms with E-state index in [1.807, 2.05) is 0 Å². The summed E-state index contributed by atoms with van der Waals surface area (Å²) in [6, 6.07) is 0. The van der Waals surface area contributed by atoms with Gasteiger partial charge < -0.3 is 0 Å². The molecule has 1 radical (unpaired) electrons. The Bertz CT molecular complexity index is 123. The van der Waals surface area contributed by atoms with Gasteiger partial charge in [0.1, 0.15) is 0 Å². The fourth-order valence-electron chi connectivity index (χ4n) is 2.01. The lowest BCUT2D eigenvalue weighted by Crippen LogP contribution is -1.95. The van der Waals surface area contributed by atoms with E-state index >= 15 is 0 Å². The number of hydrogen-bond acceptors (Lipinski definition) is 1. The highest BCUT2D eigenvalue weighted by Crippen LogP contribution is 2.14. The maximum absolute atomic E-state index is 4.46. The first-order valence-corrected chi connectivity index (χ1v) is 7.80. The van der Waals surface area contributed by atoms with Crippen LogP contribution in [0.4, 0.5) is 0 Å². The van der Waals surface area contributed by atoms with Crippen molar-refractivity contribution in [2.45, 2.75) is 89.2 Å². The molecule has 0 aliphatic rings. The second-order valence-electron chi connectivity index (χ2n) is 4.91. The molecule has 0 heterocycles. The van der Waals surface area contributed by atoms with Crippen molar-refractivity contribution in [3.8, 4) is 0 Å². The quantitative estimate of drug-likeness (QED) is 0.324. The van der Waals surface area contributed by atoms with Crippen LogP contribution in [0.3, 0.4) is 0 Å². The molecule has 0 amide bonds. The fourth-order valence-corrected chi connectivity index (χ4v) is 2.19. The van der Waals surface area contributed by atoms with E-state index in [4.69, 9.17) is 0 Å². The molecule has 97 valence electrons. The normalized spacial score (nSPS) is 12.9. The highest BCUT2D eigenvalue weighted by atomic mass is 32.1. The van der Waals surface area contributed by atoms with E-state index in [9.17, 15) is 0 Å². The van der Waals surface area contributed by atoms with E-state index in [0.29, 0.717) is 5.25 Å². The third-order valence-corrected chi connectivity index (χ3v) is 3.74. The predicted octanol–water partition coefficient (Wildman–Crippen LogP) is 5.82. The Labute approximate surface area is 109 Å². The first-order valence-electron chi connectivity index (χ1n) is 7.28. The summed E-state index contributed by atoms with van der Waals surface area (Å²) in [5, 5.41) is 0.536. The fraction of sp³-hybridized carbons (Fsp3) is 0.933. The number of hydrogen-bond donors (Lipinski definition) is 1. The molecule has 0 aromatic heterocycles. The molecule has 0 nitrogen and oxygen atoms in total. The lowest BCUT2D eigenvalue weighted by molar-refractivity contribution is 0.547. The van der Waals surface area contributed by atoms with Gasteiger partial charge in [0.2, 0.25) is 0 Å². The van der Waals surface area contributed by atoms with Gasteiger partial charge in [-0.15, -0.1) is 0 Å². The van der Waals surface area contributed by atoms with Gasteiger partial charge in [-0.05, 0) is 12.8 Å². The van der Waals surface area contributed by atoms with Gasteiger partial charge in [0, 0.05) is 5.25 Å². The summed E-state index contributed by atoms with van der Waals surface area (Å²) < 4.78 is 0. The van der Waals surface area contributed by atoms with Crippen molar-refractivity contribution in [1.82, 2.24) is 0 Å². The molecule has 0 N–H and O–H groups in total. The molecule has 0 saturated carbocycles. The molecular weight excluding hydrogens is 212 g/mol. The molecule has 0 aliphatic carbocycles. The van der Waals surface area contributed by atoms with Crippen LogP contribution < -0.4 is 0 Å². The summed E-state index contributed by atoms with van der Waals surface area (Å²) in [5.41, 5.74) is 0. The Hall–Kier alpha value is 0.350. The minimum atomic E-state index is 0.536. The molecule has 1 unspecified atom stereocenters. The second kappa shape index (κ2) is 13.4. The van der Waals surface area contributed by atoms with Crippen molar-refractivity contribution in [2.75, 3.05) is 0 Å². The van der Waals surface area contributed by atoms with Gasteiger partial charge in [-0.2, -0.15) is 12.6 Å². The molecule has 0 spiro atoms. The smallest absolute Gasteiger partial charge is 0.00168 e. The van der Waals surface area contributed by atoms with Gasteiger partial charge >= 0.3 is 0 Å². The van der Waals surface area contributed by atoms with E-state index in [2.05, 4.69) is 26.5 Å². The second-order valence-corrected chi connectivity index (χ2v) is 5.64. The average molecular weight is 243 g/mol. The summed E-state index contributed by atoms with van der Waals surface area (Å²) >= 11 is 4.46. The maximum atomic E-state index is 4.46. The SMILES string of the molecule is [CH2]CC(S)CCCCCCCCCCCC. The summed E-state index contributed by atoms with van der Waals surface area (Å²) in [5.74, 6) is 0. The Morgan fingerprint density at radius 1 is 0.812 bits per heavy atom. The van der Waals surface area contributed by atoms with Crippen LogP contribution in [0.5, 0.6) is 0 Å². The Morgan fingerprint density at radius 2 is 1.25 bits per heavy atom. The van der Waals surface area contributed by atoms with Crippen LogP contribution >= 0.6 is 12.6 Å². The minimum Gasteiger partial charge on any atom is -0.176 e. The zero-order chi connectivity index (χ0) is 12.1. The largest absolute Gasteiger partial charge is 0.176 e. The Kier molecular flexibility index (Phi) is 13.7. The highest BCUT2D eigenvalue weighted by molar-refractivity contribution is 7.80. The lowest BCUT2D eigenvalue weighted by Gasteiger charge is -2.06. The van der Waals surface area contributed by atoms with Crippen LogP contribution in [0, 0.1) is 6.92 Å². The number of rotatable bonds is 12. The third-order valence-electron chi connectivity index (χ3n) is 3.22. The van der Waals surface area contributed by atoms with Gasteiger partial charge in [0.25, 0.3) is 0 Å². The molecule has 0 saturated heterocycles. The summed E-state index contributed by atoms with van der Waals surface area (Å²) in [4.78, 5) is 0. The summed E-state index contributed by atoms with van der Waals surface area (Å²) in [6.45, 7) is 6.15. The van der Waals surface area contributed by atoms with Crippen LogP contribution in [-0.4, -0.2) is 5.25 Å². The zero-order valence-electron chi connectivity index (χ0n) is 11.2. The molecule has 0 aromatic rings. The topological polar surface area (TPSA) is 0 Å². The van der Waals surface area contributed by atoms with E-state index < -0.39 is 0 Å². The monoisotopic (exact) mass is 243 g/mol. The van der Waals surface area contributed by atoms with Crippen molar-refractivity contribution in [1.29, 1.82) is 0 Å². The highest BCUT2D eigenvalue weighted by Gasteiger charge is 1.98. The molecule has 0 rings (SSSR count). The summed E-state index contributed by atoms with van der Waals surface area (Å²) in [6.07, 6.45) is 16.4. The molecule has 0 bridgehead atoms. The maximum Gasteiger partial charge on any atom is 0.00168 e. The zero-order valence-corrected chi connectivity index (χ0v) is 12.1. The summed E-state index contributed by atoms with van der Waals surface area (Å²) in [7, 11) is 0. The first-order chi connectivity index (χ1) is 7.81. The van der Waals surface area contributed by atoms with Crippen LogP contribution in [0.1, 0.15) is 84.0 Å². The van der Waals surface area contributed by atoms with E-state index in [1.54, 1.807) is 0 Å². The Morgan fingerprint density at radius 3 is 1.69 bits per heavy atom. The standard InChI is InChI=1S/C15H31S/c1-3-5-6-7-8-9-10-11-12-13-14-15(16)4-2/h15-16H,2-14H2,1H3. The van der Waals surface area contributed by atoms with Crippen LogP contribution in [0.25, 0.3) is 0 Å². The average Bonchev–Trinajstić information content (AvgIpc) is 2.31. The van der Waals surface area contributed by atoms with Crippen LogP contribution in [0.2, 0.25) is 0 Å². The number of thiol groups is 1. The third kappa shape index (κ3) is 12.4. The number of unbranched alkanes of at least 4 members (excludes halogenated alkanes) is 9. The Balaban J connectivity index is 2.93. The molecule has 0 fully saturated rings. The van der Waals surface area contributed by atoms with Gasteiger partial charge in [0.15, 0.2) is 0 Å². The van der Waals surface area contributed by atoms with Crippen molar-refractivity contribution in [3.63, 3.8) is 0 Å². The van der Waals surface area contributed by atoms with Crippen molar-refractivity contribution >= 4 is 12.6 Å². The van der Waals surface area contributed by atoms with Gasteiger partial charge in [-0.1, -0.05) is 78.1 Å². The molecule has 1 heteroatoms. The van der Waals surface area contributed by atoms with E-state index in [0.717, 1.165) is 6.42 Å². The first kappa shape index (κ1) is 16.4. The van der Waals surface area contributed by atoms with Crippen molar-refractivity contribution in [3.05, 3.63) is 6.92 Å². The molecular formula is C15H31S.